The van der Waals surface area contributed by atoms with Gasteiger partial charge in [0.1, 0.15) is 6.04 Å². The van der Waals surface area contributed by atoms with E-state index in [9.17, 15) is 14.7 Å². The van der Waals surface area contributed by atoms with E-state index < -0.39 is 12.0 Å². The number of hydrogen-bond donors (Lipinski definition) is 1. The Kier molecular flexibility index (Phi) is 3.32. The molecule has 1 aliphatic heterocycles. The Morgan fingerprint density at radius 2 is 2.04 bits per heavy atom. The highest BCUT2D eigenvalue weighted by molar-refractivity contribution is 5.97. The predicted molar refractivity (Wildman–Crippen MR) is 83.1 cm³/mol. The highest BCUT2D eigenvalue weighted by atomic mass is 16.4. The first kappa shape index (κ1) is 14.2. The third-order valence-corrected chi connectivity index (χ3v) is 5.26. The lowest BCUT2D eigenvalue weighted by Crippen LogP contribution is -2.46. The molecule has 3 atom stereocenters. The fourth-order valence-electron chi connectivity index (χ4n) is 4.17. The van der Waals surface area contributed by atoms with Gasteiger partial charge in [-0.05, 0) is 37.3 Å². The summed E-state index contributed by atoms with van der Waals surface area (Å²) in [6, 6.07) is 2.96. The third-order valence-electron chi connectivity index (χ3n) is 5.26. The van der Waals surface area contributed by atoms with Crippen LogP contribution in [0.5, 0.6) is 0 Å². The van der Waals surface area contributed by atoms with Crippen molar-refractivity contribution in [1.29, 1.82) is 0 Å². The van der Waals surface area contributed by atoms with E-state index in [2.05, 4.69) is 4.98 Å². The summed E-state index contributed by atoms with van der Waals surface area (Å²) in [5.74, 6) is -0.746. The molecular formula is C17H19N3O3. The van der Waals surface area contributed by atoms with E-state index in [4.69, 9.17) is 0 Å². The Morgan fingerprint density at radius 3 is 2.87 bits per heavy atom. The monoisotopic (exact) mass is 313 g/mol. The number of carboxylic acids is 1. The molecule has 4 rings (SSSR count). The van der Waals surface area contributed by atoms with Crippen molar-refractivity contribution in [3.05, 3.63) is 36.4 Å². The van der Waals surface area contributed by atoms with Gasteiger partial charge in [0, 0.05) is 12.2 Å². The maximum Gasteiger partial charge on any atom is 0.326 e. The van der Waals surface area contributed by atoms with Crippen molar-refractivity contribution in [2.45, 2.75) is 44.2 Å². The number of fused-ring (bicyclic) bond motifs is 2. The Bertz CT molecular complexity index is 769. The molecule has 2 aromatic rings. The molecule has 1 amide bonds. The summed E-state index contributed by atoms with van der Waals surface area (Å²) in [6.45, 7) is 0. The number of rotatable bonds is 2. The fourth-order valence-corrected chi connectivity index (χ4v) is 4.17. The van der Waals surface area contributed by atoms with E-state index in [0.29, 0.717) is 17.9 Å². The van der Waals surface area contributed by atoms with Crippen LogP contribution in [0.25, 0.3) is 5.52 Å². The molecule has 1 saturated heterocycles. The summed E-state index contributed by atoms with van der Waals surface area (Å²) in [5.41, 5.74) is 1.43. The zero-order chi connectivity index (χ0) is 16.0. The number of carbonyl (C=O) groups is 2. The standard InChI is InChI=1S/C17H19N3O3/c21-16(12-5-6-13-8-18-10-19(13)9-12)20-14-4-2-1-3-11(14)7-15(20)17(22)23/h5-6,8-11,14-15H,1-4,7H2,(H,22,23). The molecule has 120 valence electrons. The molecule has 3 heterocycles. The second-order valence-corrected chi connectivity index (χ2v) is 6.56. The van der Waals surface area contributed by atoms with Gasteiger partial charge in [-0.3, -0.25) is 4.79 Å². The molecule has 0 bridgehead atoms. The largest absolute Gasteiger partial charge is 0.480 e. The van der Waals surface area contributed by atoms with E-state index in [1.54, 1.807) is 34.1 Å². The van der Waals surface area contributed by atoms with Crippen molar-refractivity contribution in [3.8, 4) is 0 Å². The number of carboxylic acid groups (broad SMARTS) is 1. The maximum absolute atomic E-state index is 13.0. The number of aliphatic carboxylic acids is 1. The smallest absolute Gasteiger partial charge is 0.326 e. The van der Waals surface area contributed by atoms with E-state index in [1.165, 1.54) is 0 Å². The van der Waals surface area contributed by atoms with Crippen LogP contribution in [0.4, 0.5) is 0 Å². The minimum absolute atomic E-state index is 0.0656. The summed E-state index contributed by atoms with van der Waals surface area (Å²) in [6.07, 6.45) is 9.83. The number of hydrogen-bond acceptors (Lipinski definition) is 3. The normalized spacial score (nSPS) is 27.1. The molecule has 1 aliphatic carbocycles. The number of imidazole rings is 1. The van der Waals surface area contributed by atoms with Crippen molar-refractivity contribution in [2.24, 2.45) is 5.92 Å². The zero-order valence-corrected chi connectivity index (χ0v) is 12.8. The van der Waals surface area contributed by atoms with E-state index >= 15 is 0 Å². The maximum atomic E-state index is 13.0. The molecule has 1 saturated carbocycles. The van der Waals surface area contributed by atoms with Crippen LogP contribution >= 0.6 is 0 Å². The van der Waals surface area contributed by atoms with Crippen LogP contribution in [0.3, 0.4) is 0 Å². The number of aromatic nitrogens is 2. The first-order valence-corrected chi connectivity index (χ1v) is 8.12. The van der Waals surface area contributed by atoms with Crippen molar-refractivity contribution in [1.82, 2.24) is 14.3 Å². The molecule has 1 N–H and O–H groups in total. The van der Waals surface area contributed by atoms with Gasteiger partial charge in [0.15, 0.2) is 0 Å². The Labute approximate surface area is 133 Å². The summed E-state index contributed by atoms with van der Waals surface area (Å²) >= 11 is 0. The van der Waals surface area contributed by atoms with Gasteiger partial charge >= 0.3 is 5.97 Å². The highest BCUT2D eigenvalue weighted by Gasteiger charge is 2.47. The molecule has 6 heteroatoms. The van der Waals surface area contributed by atoms with Gasteiger partial charge in [-0.15, -0.1) is 0 Å². The van der Waals surface area contributed by atoms with Gasteiger partial charge in [0.05, 0.1) is 23.6 Å². The molecule has 2 fully saturated rings. The van der Waals surface area contributed by atoms with Gasteiger partial charge in [0.25, 0.3) is 5.91 Å². The second kappa shape index (κ2) is 5.37. The molecule has 6 nitrogen and oxygen atoms in total. The van der Waals surface area contributed by atoms with Crippen molar-refractivity contribution >= 4 is 17.4 Å². The summed E-state index contributed by atoms with van der Waals surface area (Å²) in [4.78, 5) is 30.3. The molecule has 0 aromatic carbocycles. The summed E-state index contributed by atoms with van der Waals surface area (Å²) in [7, 11) is 0. The van der Waals surface area contributed by atoms with Crippen LogP contribution in [-0.2, 0) is 4.79 Å². The lowest BCUT2D eigenvalue weighted by molar-refractivity contribution is -0.141. The van der Waals surface area contributed by atoms with Gasteiger partial charge in [0.2, 0.25) is 0 Å². The lowest BCUT2D eigenvalue weighted by atomic mass is 9.84. The topological polar surface area (TPSA) is 74.9 Å². The number of nitrogens with zero attached hydrogens (tertiary/aromatic N) is 3. The van der Waals surface area contributed by atoms with Crippen LogP contribution in [0.1, 0.15) is 42.5 Å². The number of carbonyl (C=O) groups excluding carboxylic acids is 1. The van der Waals surface area contributed by atoms with Gasteiger partial charge in [-0.25, -0.2) is 9.78 Å². The summed E-state index contributed by atoms with van der Waals surface area (Å²) in [5, 5.41) is 9.56. The molecule has 0 radical (unpaired) electrons. The van der Waals surface area contributed by atoms with E-state index in [1.807, 2.05) is 6.07 Å². The van der Waals surface area contributed by atoms with Crippen LogP contribution in [0, 0.1) is 5.92 Å². The third kappa shape index (κ3) is 2.29. The molecular weight excluding hydrogens is 294 g/mol. The van der Waals surface area contributed by atoms with Gasteiger partial charge < -0.3 is 14.4 Å². The van der Waals surface area contributed by atoms with Gasteiger partial charge in [-0.1, -0.05) is 12.8 Å². The number of pyridine rings is 1. The lowest BCUT2D eigenvalue weighted by Gasteiger charge is -2.33. The summed E-state index contributed by atoms with van der Waals surface area (Å²) < 4.78 is 1.79. The van der Waals surface area contributed by atoms with Crippen LogP contribution in [0.2, 0.25) is 0 Å². The molecule has 0 spiro atoms. The Balaban J connectivity index is 1.70. The minimum atomic E-state index is -0.892. The molecule has 3 unspecified atom stereocenters. The zero-order valence-electron chi connectivity index (χ0n) is 12.8. The second-order valence-electron chi connectivity index (χ2n) is 6.56. The molecule has 23 heavy (non-hydrogen) atoms. The quantitative estimate of drug-likeness (QED) is 0.922. The average Bonchev–Trinajstić information content (AvgIpc) is 3.17. The van der Waals surface area contributed by atoms with Crippen molar-refractivity contribution in [2.75, 3.05) is 0 Å². The first-order chi connectivity index (χ1) is 11.1. The highest BCUT2D eigenvalue weighted by Crippen LogP contribution is 2.40. The Hall–Kier alpha value is -2.37. The minimum Gasteiger partial charge on any atom is -0.480 e. The molecule has 2 aliphatic rings. The first-order valence-electron chi connectivity index (χ1n) is 8.12. The van der Waals surface area contributed by atoms with E-state index in [-0.39, 0.29) is 11.9 Å². The van der Waals surface area contributed by atoms with Crippen molar-refractivity contribution in [3.63, 3.8) is 0 Å². The number of likely N-dealkylation sites (tertiary alicyclic amines) is 1. The fraction of sp³-hybridized carbons (Fsp3) is 0.471. The van der Waals surface area contributed by atoms with Crippen LogP contribution in [-0.4, -0.2) is 43.4 Å². The molecule has 2 aromatic heterocycles. The Morgan fingerprint density at radius 1 is 1.22 bits per heavy atom. The average molecular weight is 313 g/mol. The van der Waals surface area contributed by atoms with Crippen LogP contribution < -0.4 is 0 Å². The van der Waals surface area contributed by atoms with Crippen molar-refractivity contribution < 1.29 is 14.7 Å². The SMILES string of the molecule is O=C(O)C1CC2CCCCC2N1C(=O)c1ccc2cncn2c1. The van der Waals surface area contributed by atoms with Crippen LogP contribution in [0.15, 0.2) is 30.9 Å². The van der Waals surface area contributed by atoms with E-state index in [0.717, 1.165) is 31.2 Å². The predicted octanol–water partition coefficient (Wildman–Crippen LogP) is 2.19. The van der Waals surface area contributed by atoms with Gasteiger partial charge in [-0.2, -0.15) is 0 Å². The number of amides is 1.